The summed E-state index contributed by atoms with van der Waals surface area (Å²) in [4.78, 5) is 2.51. The van der Waals surface area contributed by atoms with Crippen molar-refractivity contribution in [1.82, 2.24) is 19.4 Å². The third kappa shape index (κ3) is 4.06. The number of aromatic nitrogens is 2. The summed E-state index contributed by atoms with van der Waals surface area (Å²) in [6, 6.07) is 7.55. The molecule has 1 aromatic heterocycles. The van der Waals surface area contributed by atoms with Crippen LogP contribution in [0.3, 0.4) is 0 Å². The van der Waals surface area contributed by atoms with E-state index >= 15 is 0 Å². The van der Waals surface area contributed by atoms with Crippen molar-refractivity contribution in [2.45, 2.75) is 30.7 Å². The van der Waals surface area contributed by atoms with Crippen LogP contribution < -0.4 is 4.72 Å². The fourth-order valence-electron chi connectivity index (χ4n) is 3.34. The van der Waals surface area contributed by atoms with Crippen LogP contribution in [0.15, 0.2) is 35.4 Å². The van der Waals surface area contributed by atoms with E-state index in [1.165, 1.54) is 10.9 Å². The van der Waals surface area contributed by atoms with Crippen LogP contribution in [0.2, 0.25) is 5.02 Å². The molecule has 1 saturated heterocycles. The Bertz CT molecular complexity index is 844. The van der Waals surface area contributed by atoms with Crippen molar-refractivity contribution in [2.24, 2.45) is 7.05 Å². The van der Waals surface area contributed by atoms with Crippen molar-refractivity contribution in [3.63, 3.8) is 0 Å². The molecule has 2 heterocycles. The zero-order valence-electron chi connectivity index (χ0n) is 14.4. The van der Waals surface area contributed by atoms with Crippen LogP contribution in [-0.2, 0) is 17.1 Å². The Balaban J connectivity index is 1.83. The predicted octanol–water partition coefficient (Wildman–Crippen LogP) is 2.50. The van der Waals surface area contributed by atoms with Gasteiger partial charge in [0.1, 0.15) is 4.90 Å². The third-order valence-corrected chi connectivity index (χ3v) is 6.44. The number of benzene rings is 1. The van der Waals surface area contributed by atoms with Crippen molar-refractivity contribution in [2.75, 3.05) is 19.6 Å². The highest BCUT2D eigenvalue weighted by atomic mass is 35.5. The first-order valence-electron chi connectivity index (χ1n) is 8.37. The first-order valence-corrected chi connectivity index (χ1v) is 10.2. The van der Waals surface area contributed by atoms with E-state index in [1.807, 2.05) is 24.3 Å². The summed E-state index contributed by atoms with van der Waals surface area (Å²) >= 11 is 6.38. The first kappa shape index (κ1) is 18.4. The average molecular weight is 383 g/mol. The maximum Gasteiger partial charge on any atom is 0.244 e. The molecule has 1 aromatic carbocycles. The lowest BCUT2D eigenvalue weighted by Gasteiger charge is -2.28. The van der Waals surface area contributed by atoms with E-state index in [0.717, 1.165) is 31.5 Å². The van der Waals surface area contributed by atoms with Crippen molar-refractivity contribution in [1.29, 1.82) is 0 Å². The average Bonchev–Trinajstić information content (AvgIpc) is 3.19. The van der Waals surface area contributed by atoms with Gasteiger partial charge in [0.25, 0.3) is 0 Å². The normalized spacial score (nSPS) is 17.1. The number of nitrogens with one attached hydrogen (secondary N) is 1. The molecule has 0 aliphatic carbocycles. The van der Waals surface area contributed by atoms with Crippen molar-refractivity contribution >= 4 is 21.6 Å². The van der Waals surface area contributed by atoms with Gasteiger partial charge in [-0.1, -0.05) is 29.8 Å². The van der Waals surface area contributed by atoms with Gasteiger partial charge in [-0.25, -0.2) is 13.1 Å². The fourth-order valence-corrected chi connectivity index (χ4v) is 4.86. The summed E-state index contributed by atoms with van der Waals surface area (Å²) in [7, 11) is -1.91. The summed E-state index contributed by atoms with van der Waals surface area (Å²) in [6.45, 7) is 3.87. The van der Waals surface area contributed by atoms with Crippen LogP contribution >= 0.6 is 11.6 Å². The maximum absolute atomic E-state index is 12.7. The standard InChI is InChI=1S/C17H23ClN4O2S/c1-13-17(12-21(2)20-13)25(23,24)19-11-16(22-9-5-6-10-22)14-7-3-4-8-15(14)18/h3-4,7-8,12,16,19H,5-6,9-11H2,1-2H3. The number of sulfonamides is 1. The highest BCUT2D eigenvalue weighted by Crippen LogP contribution is 2.30. The summed E-state index contributed by atoms with van der Waals surface area (Å²) < 4.78 is 29.6. The second-order valence-corrected chi connectivity index (χ2v) is 8.53. The van der Waals surface area contributed by atoms with E-state index in [1.54, 1.807) is 14.0 Å². The molecule has 1 fully saturated rings. The lowest BCUT2D eigenvalue weighted by Crippen LogP contribution is -2.37. The zero-order chi connectivity index (χ0) is 18.0. The van der Waals surface area contributed by atoms with Crippen molar-refractivity contribution < 1.29 is 8.42 Å². The van der Waals surface area contributed by atoms with Gasteiger partial charge in [0.15, 0.2) is 0 Å². The van der Waals surface area contributed by atoms with E-state index in [2.05, 4.69) is 14.7 Å². The van der Waals surface area contributed by atoms with Crippen LogP contribution in [0.5, 0.6) is 0 Å². The topological polar surface area (TPSA) is 67.2 Å². The van der Waals surface area contributed by atoms with Gasteiger partial charge in [0.2, 0.25) is 10.0 Å². The van der Waals surface area contributed by atoms with Gasteiger partial charge in [-0.3, -0.25) is 9.58 Å². The molecule has 0 amide bonds. The van der Waals surface area contributed by atoms with Crippen LogP contribution in [0.4, 0.5) is 0 Å². The SMILES string of the molecule is Cc1nn(C)cc1S(=O)(=O)NCC(c1ccccc1Cl)N1CCCC1. The smallest absolute Gasteiger partial charge is 0.244 e. The molecule has 8 heteroatoms. The molecule has 0 radical (unpaired) electrons. The fraction of sp³-hybridized carbons (Fsp3) is 0.471. The van der Waals surface area contributed by atoms with Crippen molar-refractivity contribution in [3.05, 3.63) is 46.7 Å². The molecule has 1 atom stereocenters. The molecule has 1 aliphatic heterocycles. The second-order valence-electron chi connectivity index (χ2n) is 6.38. The predicted molar refractivity (Wildman–Crippen MR) is 98.1 cm³/mol. The third-order valence-electron chi connectivity index (χ3n) is 4.57. The van der Waals surface area contributed by atoms with Crippen molar-refractivity contribution in [3.8, 4) is 0 Å². The number of hydrogen-bond donors (Lipinski definition) is 1. The largest absolute Gasteiger partial charge is 0.295 e. The molecule has 3 rings (SSSR count). The summed E-state index contributed by atoms with van der Waals surface area (Å²) in [5.74, 6) is 0. The molecule has 1 N–H and O–H groups in total. The minimum atomic E-state index is -3.62. The quantitative estimate of drug-likeness (QED) is 0.833. The Morgan fingerprint density at radius 3 is 2.56 bits per heavy atom. The highest BCUT2D eigenvalue weighted by Gasteiger charge is 2.28. The molecule has 2 aromatic rings. The number of likely N-dealkylation sites (tertiary alicyclic amines) is 1. The zero-order valence-corrected chi connectivity index (χ0v) is 16.0. The molecular weight excluding hydrogens is 360 g/mol. The van der Waals surface area contributed by atoms with E-state index in [9.17, 15) is 8.42 Å². The number of halogens is 1. The van der Waals surface area contributed by atoms with E-state index in [0.29, 0.717) is 10.7 Å². The highest BCUT2D eigenvalue weighted by molar-refractivity contribution is 7.89. The Hall–Kier alpha value is -1.41. The monoisotopic (exact) mass is 382 g/mol. The molecule has 25 heavy (non-hydrogen) atoms. The molecule has 0 spiro atoms. The van der Waals surface area contributed by atoms with Crippen LogP contribution in [0.1, 0.15) is 30.1 Å². The van der Waals surface area contributed by atoms with Gasteiger partial charge in [0.05, 0.1) is 5.69 Å². The Kier molecular flexibility index (Phi) is 5.48. The van der Waals surface area contributed by atoms with Gasteiger partial charge in [0, 0.05) is 30.9 Å². The van der Waals surface area contributed by atoms with E-state index in [-0.39, 0.29) is 17.5 Å². The summed E-state index contributed by atoms with van der Waals surface area (Å²) in [5.41, 5.74) is 1.45. The Morgan fingerprint density at radius 1 is 1.28 bits per heavy atom. The number of hydrogen-bond acceptors (Lipinski definition) is 4. The minimum absolute atomic E-state index is 0.0806. The lowest BCUT2D eigenvalue weighted by atomic mass is 10.1. The van der Waals surface area contributed by atoms with Gasteiger partial charge in [-0.05, 0) is 44.5 Å². The van der Waals surface area contributed by atoms with Gasteiger partial charge < -0.3 is 0 Å². The lowest BCUT2D eigenvalue weighted by molar-refractivity contribution is 0.246. The first-order chi connectivity index (χ1) is 11.9. The Morgan fingerprint density at radius 2 is 1.96 bits per heavy atom. The number of aryl methyl sites for hydroxylation is 2. The summed E-state index contributed by atoms with van der Waals surface area (Å²) in [6.07, 6.45) is 3.77. The van der Waals surface area contributed by atoms with E-state index in [4.69, 9.17) is 11.6 Å². The molecule has 1 unspecified atom stereocenters. The van der Waals surface area contributed by atoms with Gasteiger partial charge in [-0.2, -0.15) is 5.10 Å². The maximum atomic E-state index is 12.7. The van der Waals surface area contributed by atoms with Gasteiger partial charge >= 0.3 is 0 Å². The molecule has 1 aliphatic rings. The second kappa shape index (κ2) is 7.45. The molecule has 6 nitrogen and oxygen atoms in total. The summed E-state index contributed by atoms with van der Waals surface area (Å²) in [5, 5.41) is 4.78. The molecular formula is C17H23ClN4O2S. The minimum Gasteiger partial charge on any atom is -0.295 e. The number of nitrogens with zero attached hydrogens (tertiary/aromatic N) is 3. The molecule has 136 valence electrons. The Labute approximate surface area is 153 Å². The van der Waals surface area contributed by atoms with Crippen LogP contribution in [0, 0.1) is 6.92 Å². The number of rotatable bonds is 6. The van der Waals surface area contributed by atoms with Crippen LogP contribution in [-0.4, -0.2) is 42.7 Å². The molecule has 0 bridgehead atoms. The molecule has 0 saturated carbocycles. The van der Waals surface area contributed by atoms with Crippen LogP contribution in [0.25, 0.3) is 0 Å². The van der Waals surface area contributed by atoms with Gasteiger partial charge in [-0.15, -0.1) is 0 Å². The van der Waals surface area contributed by atoms with E-state index < -0.39 is 10.0 Å².